The molecule has 0 radical (unpaired) electrons. The van der Waals surface area contributed by atoms with Crippen LogP contribution in [-0.4, -0.2) is 16.9 Å². The predicted octanol–water partition coefficient (Wildman–Crippen LogP) is 5.14. The molecule has 0 unspecified atom stereocenters. The summed E-state index contributed by atoms with van der Waals surface area (Å²) >= 11 is 5.75. The Kier molecular flexibility index (Phi) is 6.06. The van der Waals surface area contributed by atoms with Crippen LogP contribution < -0.4 is 16.0 Å². The number of nitrogens with zero attached hydrogens (tertiary/aromatic N) is 1. The summed E-state index contributed by atoms with van der Waals surface area (Å²) in [6.45, 7) is 0. The van der Waals surface area contributed by atoms with Gasteiger partial charge in [0.05, 0.1) is 4.92 Å². The molecular weight excluding hydrogens is 396 g/mol. The number of halogens is 1. The Hall–Kier alpha value is -3.91. The Morgan fingerprint density at radius 2 is 1.34 bits per heavy atom. The number of nitrogens with one attached hydrogen (secondary N) is 3. The number of rotatable bonds is 5. The molecule has 0 spiro atoms. The zero-order valence-corrected chi connectivity index (χ0v) is 15.6. The van der Waals surface area contributed by atoms with Crippen molar-refractivity contribution in [2.75, 3.05) is 16.0 Å². The molecular formula is C20H15ClN4O4. The van der Waals surface area contributed by atoms with Crippen LogP contribution in [0, 0.1) is 10.1 Å². The predicted molar refractivity (Wildman–Crippen MR) is 112 cm³/mol. The van der Waals surface area contributed by atoms with Crippen molar-refractivity contribution in [1.82, 2.24) is 0 Å². The van der Waals surface area contributed by atoms with Gasteiger partial charge in [0.2, 0.25) is 0 Å². The highest BCUT2D eigenvalue weighted by molar-refractivity contribution is 6.32. The van der Waals surface area contributed by atoms with Crippen LogP contribution in [0.4, 0.5) is 27.5 Å². The van der Waals surface area contributed by atoms with E-state index in [1.54, 1.807) is 36.4 Å². The zero-order valence-electron chi connectivity index (χ0n) is 14.9. The molecule has 0 aromatic heterocycles. The second-order valence-corrected chi connectivity index (χ2v) is 6.31. The highest BCUT2D eigenvalue weighted by Gasteiger charge is 2.16. The first kappa shape index (κ1) is 19.8. The molecule has 0 saturated carbocycles. The molecule has 29 heavy (non-hydrogen) atoms. The number of para-hydroxylation sites is 1. The zero-order chi connectivity index (χ0) is 20.8. The van der Waals surface area contributed by atoms with Crippen LogP contribution in [-0.2, 0) is 0 Å². The average molecular weight is 411 g/mol. The maximum atomic E-state index is 12.3. The van der Waals surface area contributed by atoms with Gasteiger partial charge >= 0.3 is 6.03 Å². The van der Waals surface area contributed by atoms with Crippen LogP contribution in [0.2, 0.25) is 5.02 Å². The summed E-state index contributed by atoms with van der Waals surface area (Å²) in [6.07, 6.45) is 0. The van der Waals surface area contributed by atoms with Crippen LogP contribution >= 0.6 is 11.6 Å². The van der Waals surface area contributed by atoms with E-state index in [1.165, 1.54) is 12.1 Å². The van der Waals surface area contributed by atoms with E-state index in [2.05, 4.69) is 16.0 Å². The second kappa shape index (κ2) is 8.85. The molecule has 9 heteroatoms. The van der Waals surface area contributed by atoms with Crippen LogP contribution in [0.25, 0.3) is 0 Å². The lowest BCUT2D eigenvalue weighted by Crippen LogP contribution is -2.19. The molecule has 0 bridgehead atoms. The van der Waals surface area contributed by atoms with E-state index in [1.807, 2.05) is 18.2 Å². The number of hydrogen-bond acceptors (Lipinski definition) is 4. The smallest absolute Gasteiger partial charge is 0.322 e. The third kappa shape index (κ3) is 5.30. The second-order valence-electron chi connectivity index (χ2n) is 5.90. The van der Waals surface area contributed by atoms with Gasteiger partial charge in [-0.1, -0.05) is 29.8 Å². The quantitative estimate of drug-likeness (QED) is 0.399. The van der Waals surface area contributed by atoms with Crippen molar-refractivity contribution in [3.63, 3.8) is 0 Å². The highest BCUT2D eigenvalue weighted by Crippen LogP contribution is 2.25. The normalized spacial score (nSPS) is 10.1. The Balaban J connectivity index is 1.61. The van der Waals surface area contributed by atoms with Gasteiger partial charge in [0.25, 0.3) is 11.6 Å². The molecule has 8 nitrogen and oxygen atoms in total. The van der Waals surface area contributed by atoms with E-state index >= 15 is 0 Å². The molecule has 0 heterocycles. The van der Waals surface area contributed by atoms with Gasteiger partial charge in [-0.2, -0.15) is 0 Å². The maximum absolute atomic E-state index is 12.3. The van der Waals surface area contributed by atoms with Crippen molar-refractivity contribution >= 4 is 46.3 Å². The van der Waals surface area contributed by atoms with E-state index in [0.29, 0.717) is 17.1 Å². The number of urea groups is 1. The average Bonchev–Trinajstić information content (AvgIpc) is 2.70. The minimum absolute atomic E-state index is 0.0456. The molecule has 0 aliphatic heterocycles. The van der Waals surface area contributed by atoms with Crippen LogP contribution in [0.5, 0.6) is 0 Å². The van der Waals surface area contributed by atoms with E-state index in [9.17, 15) is 19.7 Å². The van der Waals surface area contributed by atoms with Crippen molar-refractivity contribution < 1.29 is 14.5 Å². The molecule has 0 saturated heterocycles. The maximum Gasteiger partial charge on any atom is 0.323 e. The fourth-order valence-electron chi connectivity index (χ4n) is 2.45. The van der Waals surface area contributed by atoms with Crippen molar-refractivity contribution in [1.29, 1.82) is 0 Å². The summed E-state index contributed by atoms with van der Waals surface area (Å²) in [4.78, 5) is 34.6. The number of carbonyl (C=O) groups excluding carboxylic acids is 2. The summed E-state index contributed by atoms with van der Waals surface area (Å²) in [7, 11) is 0. The van der Waals surface area contributed by atoms with Crippen LogP contribution in [0.3, 0.4) is 0 Å². The van der Waals surface area contributed by atoms with Gasteiger partial charge in [0.15, 0.2) is 0 Å². The molecule has 0 aliphatic carbocycles. The van der Waals surface area contributed by atoms with Gasteiger partial charge in [-0.05, 0) is 48.5 Å². The Labute approximate surface area is 170 Å². The number of nitro groups is 1. The van der Waals surface area contributed by atoms with E-state index in [-0.39, 0.29) is 16.3 Å². The molecule has 3 amide bonds. The summed E-state index contributed by atoms with van der Waals surface area (Å²) in [5, 5.41) is 18.9. The van der Waals surface area contributed by atoms with E-state index in [0.717, 1.165) is 6.07 Å². The number of benzene rings is 3. The fourth-order valence-corrected chi connectivity index (χ4v) is 2.64. The molecule has 0 fully saturated rings. The SMILES string of the molecule is O=C(Nc1ccccc1)Nc1ccc(NC(=O)c2ccc(Cl)c([N+](=O)[O-])c2)cc1. The molecule has 146 valence electrons. The molecule has 3 aromatic carbocycles. The van der Waals surface area contributed by atoms with E-state index in [4.69, 9.17) is 11.6 Å². The first-order valence-corrected chi connectivity index (χ1v) is 8.78. The molecule has 0 atom stereocenters. The Morgan fingerprint density at radius 1 is 0.793 bits per heavy atom. The van der Waals surface area contributed by atoms with Gasteiger partial charge < -0.3 is 16.0 Å². The fraction of sp³-hybridized carbons (Fsp3) is 0. The minimum Gasteiger partial charge on any atom is -0.322 e. The number of carbonyl (C=O) groups is 2. The highest BCUT2D eigenvalue weighted by atomic mass is 35.5. The van der Waals surface area contributed by atoms with E-state index < -0.39 is 16.9 Å². The van der Waals surface area contributed by atoms with Crippen LogP contribution in [0.1, 0.15) is 10.4 Å². The Morgan fingerprint density at radius 3 is 1.93 bits per heavy atom. The first-order valence-electron chi connectivity index (χ1n) is 8.41. The summed E-state index contributed by atoms with van der Waals surface area (Å²) < 4.78 is 0. The largest absolute Gasteiger partial charge is 0.323 e. The van der Waals surface area contributed by atoms with Gasteiger partial charge in [-0.25, -0.2) is 4.79 Å². The number of nitro benzene ring substituents is 1. The topological polar surface area (TPSA) is 113 Å². The molecule has 3 N–H and O–H groups in total. The lowest BCUT2D eigenvalue weighted by molar-refractivity contribution is -0.384. The van der Waals surface area contributed by atoms with Gasteiger partial charge in [0.1, 0.15) is 5.02 Å². The van der Waals surface area contributed by atoms with Crippen LogP contribution in [0.15, 0.2) is 72.8 Å². The molecule has 0 aliphatic rings. The van der Waals surface area contributed by atoms with Gasteiger partial charge in [-0.15, -0.1) is 0 Å². The Bertz CT molecular complexity index is 1060. The van der Waals surface area contributed by atoms with Gasteiger partial charge in [0, 0.05) is 28.7 Å². The number of anilines is 3. The summed E-state index contributed by atoms with van der Waals surface area (Å²) in [5.41, 5.74) is 1.40. The summed E-state index contributed by atoms with van der Waals surface area (Å²) in [5.74, 6) is -0.521. The minimum atomic E-state index is -0.653. The molecule has 3 aromatic rings. The van der Waals surface area contributed by atoms with Crippen molar-refractivity contribution in [3.8, 4) is 0 Å². The third-order valence-electron chi connectivity index (χ3n) is 3.84. The van der Waals surface area contributed by atoms with Gasteiger partial charge in [-0.3, -0.25) is 14.9 Å². The lowest BCUT2D eigenvalue weighted by atomic mass is 10.2. The summed E-state index contributed by atoms with van der Waals surface area (Å²) in [6, 6.07) is 18.8. The van der Waals surface area contributed by atoms with Crippen molar-refractivity contribution in [3.05, 3.63) is 93.5 Å². The standard InChI is InChI=1S/C20H15ClN4O4/c21-17-11-6-13(12-18(17)25(28)29)19(26)22-15-7-9-16(10-8-15)24-20(27)23-14-4-2-1-3-5-14/h1-12H,(H,22,26)(H2,23,24,27). The third-order valence-corrected chi connectivity index (χ3v) is 4.16. The molecule has 3 rings (SSSR count). The number of hydrogen-bond donors (Lipinski definition) is 3. The monoisotopic (exact) mass is 410 g/mol. The van der Waals surface area contributed by atoms with Crippen molar-refractivity contribution in [2.24, 2.45) is 0 Å². The first-order chi connectivity index (χ1) is 13.9. The number of amides is 3. The lowest BCUT2D eigenvalue weighted by Gasteiger charge is -2.09. The van der Waals surface area contributed by atoms with Crippen molar-refractivity contribution in [2.45, 2.75) is 0 Å².